The van der Waals surface area contributed by atoms with E-state index in [0.29, 0.717) is 17.0 Å². The molecule has 7 nitrogen and oxygen atoms in total. The lowest BCUT2D eigenvalue weighted by molar-refractivity contribution is -0.132. The van der Waals surface area contributed by atoms with Crippen LogP contribution in [0.2, 0.25) is 5.02 Å². The number of nitrogens with zero attached hydrogens (tertiary/aromatic N) is 2. The molecule has 4 rings (SSSR count). The van der Waals surface area contributed by atoms with E-state index in [1.807, 2.05) is 6.07 Å². The number of pyridine rings is 1. The van der Waals surface area contributed by atoms with Gasteiger partial charge in [-0.05, 0) is 29.8 Å². The molecule has 0 aliphatic carbocycles. The summed E-state index contributed by atoms with van der Waals surface area (Å²) in [5.41, 5.74) is 1.16. The average molecular weight is 451 g/mol. The molecule has 0 saturated carbocycles. The summed E-state index contributed by atoms with van der Waals surface area (Å²) in [6.07, 6.45) is 3.14. The Labute approximate surface area is 189 Å². The largest absolute Gasteiger partial charge is 0.507 e. The van der Waals surface area contributed by atoms with Gasteiger partial charge in [-0.25, -0.2) is 0 Å². The molecule has 2 heterocycles. The number of rotatable bonds is 5. The third kappa shape index (κ3) is 3.56. The Bertz CT molecular complexity index is 1210. The highest BCUT2D eigenvalue weighted by Gasteiger charge is 2.47. The molecule has 32 heavy (non-hydrogen) atoms. The number of ether oxygens (including phenoxy) is 2. The fraction of sp³-hybridized carbons (Fsp3) is 0.125. The molecule has 1 aromatic heterocycles. The molecule has 1 aliphatic heterocycles. The van der Waals surface area contributed by atoms with E-state index < -0.39 is 23.5 Å². The number of halogens is 1. The minimum atomic E-state index is -0.892. The number of amides is 1. The highest BCUT2D eigenvalue weighted by molar-refractivity contribution is 6.51. The predicted octanol–water partition coefficient (Wildman–Crippen LogP) is 4.38. The Balaban J connectivity index is 1.98. The number of anilines is 1. The number of ketones is 1. The van der Waals surface area contributed by atoms with Gasteiger partial charge in [-0.15, -0.1) is 0 Å². The van der Waals surface area contributed by atoms with Crippen LogP contribution < -0.4 is 14.4 Å². The number of hydrogen-bond acceptors (Lipinski definition) is 6. The van der Waals surface area contributed by atoms with Crippen LogP contribution in [0.15, 0.2) is 72.6 Å². The molecule has 1 aliphatic rings. The number of aliphatic hydroxyl groups is 1. The fourth-order valence-electron chi connectivity index (χ4n) is 3.73. The summed E-state index contributed by atoms with van der Waals surface area (Å²) in [6, 6.07) is 14.3. The average Bonchev–Trinajstić information content (AvgIpc) is 3.10. The minimum absolute atomic E-state index is 0.0913. The third-order valence-corrected chi connectivity index (χ3v) is 5.50. The normalized spacial score (nSPS) is 17.5. The van der Waals surface area contributed by atoms with E-state index in [1.54, 1.807) is 48.8 Å². The molecule has 0 bridgehead atoms. The summed E-state index contributed by atoms with van der Waals surface area (Å²) < 4.78 is 10.6. The number of hydrogen-bond donors (Lipinski definition) is 1. The molecular weight excluding hydrogens is 432 g/mol. The van der Waals surface area contributed by atoms with Crippen LogP contribution in [-0.4, -0.2) is 36.0 Å². The summed E-state index contributed by atoms with van der Waals surface area (Å²) in [6.45, 7) is 0. The van der Waals surface area contributed by atoms with Crippen LogP contribution in [0.25, 0.3) is 5.76 Å². The Morgan fingerprint density at radius 2 is 1.75 bits per heavy atom. The first-order chi connectivity index (χ1) is 15.5. The van der Waals surface area contributed by atoms with Gasteiger partial charge in [-0.2, -0.15) is 0 Å². The quantitative estimate of drug-likeness (QED) is 0.352. The predicted molar refractivity (Wildman–Crippen MR) is 120 cm³/mol. The molecule has 1 amide bonds. The van der Waals surface area contributed by atoms with Gasteiger partial charge < -0.3 is 14.6 Å². The van der Waals surface area contributed by atoms with Gasteiger partial charge in [0.05, 0.1) is 36.4 Å². The van der Waals surface area contributed by atoms with Crippen molar-refractivity contribution in [3.8, 4) is 11.5 Å². The standard InChI is InChI=1S/C24H19ClN2O5/c1-31-18-12-19(32-2)17(25)11-16(18)22(28)20-21(14-7-6-10-26-13-14)27(24(30)23(20)29)15-8-4-3-5-9-15/h3-13,21,28H,1-2H3/b22-20+. The van der Waals surface area contributed by atoms with Crippen LogP contribution in [0.4, 0.5) is 5.69 Å². The van der Waals surface area contributed by atoms with Crippen LogP contribution in [0.1, 0.15) is 17.2 Å². The highest BCUT2D eigenvalue weighted by Crippen LogP contribution is 2.44. The van der Waals surface area contributed by atoms with Gasteiger partial charge in [0.15, 0.2) is 0 Å². The van der Waals surface area contributed by atoms with E-state index in [2.05, 4.69) is 4.98 Å². The van der Waals surface area contributed by atoms with E-state index in [4.69, 9.17) is 21.1 Å². The second-order valence-electron chi connectivity index (χ2n) is 6.98. The smallest absolute Gasteiger partial charge is 0.300 e. The Morgan fingerprint density at radius 1 is 1.03 bits per heavy atom. The van der Waals surface area contributed by atoms with Crippen LogP contribution >= 0.6 is 11.6 Å². The van der Waals surface area contributed by atoms with Crippen molar-refractivity contribution in [3.05, 3.63) is 88.7 Å². The lowest BCUT2D eigenvalue weighted by Crippen LogP contribution is -2.29. The minimum Gasteiger partial charge on any atom is -0.507 e. The second-order valence-corrected chi connectivity index (χ2v) is 7.39. The number of Topliss-reactive ketones (excluding diaryl/α,β-unsaturated/α-hetero) is 1. The number of benzene rings is 2. The topological polar surface area (TPSA) is 89.0 Å². The van der Waals surface area contributed by atoms with Crippen LogP contribution in [0, 0.1) is 0 Å². The van der Waals surface area contributed by atoms with Crippen molar-refractivity contribution in [3.63, 3.8) is 0 Å². The van der Waals surface area contributed by atoms with Crippen molar-refractivity contribution in [2.45, 2.75) is 6.04 Å². The summed E-state index contributed by atoms with van der Waals surface area (Å²) in [5, 5.41) is 11.5. The maximum Gasteiger partial charge on any atom is 0.300 e. The summed E-state index contributed by atoms with van der Waals surface area (Å²) in [4.78, 5) is 31.7. The molecule has 1 unspecified atom stereocenters. The van der Waals surface area contributed by atoms with Crippen molar-refractivity contribution in [1.82, 2.24) is 4.98 Å². The van der Waals surface area contributed by atoms with E-state index in [9.17, 15) is 14.7 Å². The first-order valence-electron chi connectivity index (χ1n) is 9.65. The van der Waals surface area contributed by atoms with Crippen LogP contribution in [-0.2, 0) is 9.59 Å². The van der Waals surface area contributed by atoms with Crippen LogP contribution in [0.3, 0.4) is 0 Å². The number of methoxy groups -OCH3 is 2. The number of para-hydroxylation sites is 1. The van der Waals surface area contributed by atoms with E-state index in [1.165, 1.54) is 31.3 Å². The molecule has 0 spiro atoms. The molecule has 162 valence electrons. The molecule has 1 saturated heterocycles. The van der Waals surface area contributed by atoms with Crippen molar-refractivity contribution in [2.75, 3.05) is 19.1 Å². The first kappa shape index (κ1) is 21.4. The van der Waals surface area contributed by atoms with E-state index >= 15 is 0 Å². The number of carbonyl (C=O) groups is 2. The second kappa shape index (κ2) is 8.72. The van der Waals surface area contributed by atoms with Gasteiger partial charge >= 0.3 is 0 Å². The van der Waals surface area contributed by atoms with Gasteiger partial charge in [0.1, 0.15) is 17.3 Å². The van der Waals surface area contributed by atoms with Gasteiger partial charge in [0.2, 0.25) is 0 Å². The Morgan fingerprint density at radius 3 is 2.38 bits per heavy atom. The Hall–Kier alpha value is -3.84. The SMILES string of the molecule is COc1cc(OC)c(/C(O)=C2\C(=O)C(=O)N(c3ccccc3)C2c2cccnc2)cc1Cl. The monoisotopic (exact) mass is 450 g/mol. The molecule has 1 N–H and O–H groups in total. The molecule has 8 heteroatoms. The zero-order chi connectivity index (χ0) is 22.8. The Kier molecular flexibility index (Phi) is 5.83. The van der Waals surface area contributed by atoms with E-state index in [0.717, 1.165) is 0 Å². The number of aliphatic hydroxyl groups excluding tert-OH is 1. The van der Waals surface area contributed by atoms with Crippen LogP contribution in [0.5, 0.6) is 11.5 Å². The maximum atomic E-state index is 13.2. The van der Waals surface area contributed by atoms with Crippen molar-refractivity contribution in [1.29, 1.82) is 0 Å². The first-order valence-corrected chi connectivity index (χ1v) is 10.0. The van der Waals surface area contributed by atoms with Crippen molar-refractivity contribution >= 4 is 34.7 Å². The summed E-state index contributed by atoms with van der Waals surface area (Å²) in [7, 11) is 2.87. The van der Waals surface area contributed by atoms with E-state index in [-0.39, 0.29) is 21.9 Å². The summed E-state index contributed by atoms with van der Waals surface area (Å²) in [5.74, 6) is -1.41. The molecule has 0 radical (unpaired) electrons. The van der Waals surface area contributed by atoms with Gasteiger partial charge in [0.25, 0.3) is 11.7 Å². The molecule has 1 atom stereocenters. The molecule has 1 fully saturated rings. The highest BCUT2D eigenvalue weighted by atomic mass is 35.5. The number of aromatic nitrogens is 1. The zero-order valence-electron chi connectivity index (χ0n) is 17.3. The van der Waals surface area contributed by atoms with Crippen molar-refractivity contribution < 1.29 is 24.2 Å². The van der Waals surface area contributed by atoms with Crippen molar-refractivity contribution in [2.24, 2.45) is 0 Å². The van der Waals surface area contributed by atoms with Gasteiger partial charge in [0, 0.05) is 24.1 Å². The lowest BCUT2D eigenvalue weighted by Gasteiger charge is -2.25. The zero-order valence-corrected chi connectivity index (χ0v) is 18.0. The lowest BCUT2D eigenvalue weighted by atomic mass is 9.95. The number of carbonyl (C=O) groups excluding carboxylic acids is 2. The molecular formula is C24H19ClN2O5. The molecule has 2 aromatic carbocycles. The molecule has 3 aromatic rings. The fourth-order valence-corrected chi connectivity index (χ4v) is 3.97. The maximum absolute atomic E-state index is 13.2. The van der Waals surface area contributed by atoms with Gasteiger partial charge in [-0.3, -0.25) is 19.5 Å². The third-order valence-electron chi connectivity index (χ3n) is 5.21. The van der Waals surface area contributed by atoms with Gasteiger partial charge in [-0.1, -0.05) is 35.9 Å². The summed E-state index contributed by atoms with van der Waals surface area (Å²) >= 11 is 6.27.